The van der Waals surface area contributed by atoms with Gasteiger partial charge in [0.1, 0.15) is 11.3 Å². The Morgan fingerprint density at radius 2 is 0.889 bits per heavy atom. The number of rotatable bonds is 10. The number of hydrogen-bond acceptors (Lipinski definition) is 10. The normalized spacial score (nSPS) is 26.1. The Hall–Kier alpha value is -2.36. The van der Waals surface area contributed by atoms with Crippen LogP contribution < -0.4 is 42.5 Å². The molecule has 0 aliphatic carbocycles. The highest BCUT2D eigenvalue weighted by atomic mass is 16.4. The molecule has 2 fully saturated rings. The van der Waals surface area contributed by atoms with Crippen LogP contribution in [0.15, 0.2) is 0 Å². The minimum absolute atomic E-state index is 0.0598. The van der Waals surface area contributed by atoms with Crippen LogP contribution in [0.2, 0.25) is 0 Å². The van der Waals surface area contributed by atoms with Gasteiger partial charge in [0.15, 0.2) is 0 Å². The van der Waals surface area contributed by atoms with Gasteiger partial charge in [-0.15, -0.1) is 0 Å². The van der Waals surface area contributed by atoms with Crippen molar-refractivity contribution in [1.29, 1.82) is 0 Å². The first-order valence-corrected chi connectivity index (χ1v) is 12.6. The average molecular weight is 515 g/mol. The van der Waals surface area contributed by atoms with Crippen molar-refractivity contribution in [1.82, 2.24) is 42.5 Å². The number of carboxylic acid groups (broad SMARTS) is 2. The van der Waals surface area contributed by atoms with Gasteiger partial charge in [-0.1, -0.05) is 0 Å². The summed E-state index contributed by atoms with van der Waals surface area (Å²) in [6, 6.07) is 0. The molecule has 0 aromatic heterocycles. The SMILES string of the molecule is O=C(O)CCCC(=O)N[C@]12CNCCNC[C@](NC(=O)CCCC(=O)O)(CNCCNC1)NCCN2. The number of nitrogens with one attached hydrogen (secondary N) is 8. The lowest BCUT2D eigenvalue weighted by Gasteiger charge is -2.41. The molecule has 0 saturated carbocycles. The first-order valence-electron chi connectivity index (χ1n) is 12.6. The van der Waals surface area contributed by atoms with Crippen molar-refractivity contribution in [3.05, 3.63) is 0 Å². The quantitative estimate of drug-likeness (QED) is 0.139. The van der Waals surface area contributed by atoms with Crippen LogP contribution in [0.3, 0.4) is 0 Å². The average Bonchev–Trinajstić information content (AvgIpc) is 2.79. The lowest BCUT2D eigenvalue weighted by Crippen LogP contribution is -2.73. The Balaban J connectivity index is 2.10. The molecule has 0 radical (unpaired) electrons. The topological polar surface area (TPSA) is 205 Å². The molecule has 0 aromatic rings. The van der Waals surface area contributed by atoms with Gasteiger partial charge in [-0.3, -0.25) is 29.8 Å². The van der Waals surface area contributed by atoms with Crippen LogP contribution in [0, 0.1) is 0 Å². The molecule has 0 spiro atoms. The lowest BCUT2D eigenvalue weighted by atomic mass is 10.1. The van der Waals surface area contributed by atoms with Crippen LogP contribution in [-0.2, 0) is 19.2 Å². The van der Waals surface area contributed by atoms with Gasteiger partial charge in [-0.05, 0) is 12.8 Å². The van der Waals surface area contributed by atoms with E-state index in [0.717, 1.165) is 0 Å². The van der Waals surface area contributed by atoms with Crippen molar-refractivity contribution in [3.63, 3.8) is 0 Å². The van der Waals surface area contributed by atoms with Crippen LogP contribution >= 0.6 is 0 Å². The second-order valence-electron chi connectivity index (χ2n) is 9.32. The first-order chi connectivity index (χ1) is 17.2. The molecule has 36 heavy (non-hydrogen) atoms. The maximum Gasteiger partial charge on any atom is 0.303 e. The highest BCUT2D eigenvalue weighted by Crippen LogP contribution is 2.06. The molecular weight excluding hydrogens is 472 g/mol. The van der Waals surface area contributed by atoms with Crippen molar-refractivity contribution in [3.8, 4) is 0 Å². The van der Waals surface area contributed by atoms with E-state index in [9.17, 15) is 19.2 Å². The van der Waals surface area contributed by atoms with Crippen LogP contribution in [0.25, 0.3) is 0 Å². The predicted molar refractivity (Wildman–Crippen MR) is 132 cm³/mol. The molecule has 2 saturated heterocycles. The standard InChI is InChI=1S/C22H42N8O6/c31-17(3-1-5-19(33)34)29-21-13-23-7-9-25-15-22(28-12-11-27-21,16-26-10-8-24-14-21)30-18(32)4-2-6-20(35)36/h23-28H,1-16H2,(H,29,31)(H,30,32)(H,33,34)(H,35,36)/t21-,22+. The van der Waals surface area contributed by atoms with Crippen molar-refractivity contribution in [2.24, 2.45) is 0 Å². The molecule has 2 aliphatic heterocycles. The summed E-state index contributed by atoms with van der Waals surface area (Å²) in [5, 5.41) is 44.2. The lowest BCUT2D eigenvalue weighted by molar-refractivity contribution is -0.138. The minimum atomic E-state index is -0.928. The third-order valence-corrected chi connectivity index (χ3v) is 6.06. The largest absolute Gasteiger partial charge is 0.481 e. The number of hydrogen-bond donors (Lipinski definition) is 10. The number of carbonyl (C=O) groups excluding carboxylic acids is 2. The van der Waals surface area contributed by atoms with Crippen molar-refractivity contribution < 1.29 is 29.4 Å². The monoisotopic (exact) mass is 514 g/mol. The van der Waals surface area contributed by atoms with Gasteiger partial charge in [-0.2, -0.15) is 0 Å². The highest BCUT2D eigenvalue weighted by Gasteiger charge is 2.34. The van der Waals surface area contributed by atoms with Crippen LogP contribution in [-0.4, -0.2) is 111 Å². The molecule has 2 bridgehead atoms. The number of aliphatic carboxylic acids is 2. The molecule has 2 aliphatic rings. The fourth-order valence-corrected chi connectivity index (χ4v) is 4.26. The van der Waals surface area contributed by atoms with Gasteiger partial charge in [0.2, 0.25) is 11.8 Å². The Kier molecular flexibility index (Phi) is 13.0. The zero-order valence-electron chi connectivity index (χ0n) is 20.8. The van der Waals surface area contributed by atoms with E-state index in [0.29, 0.717) is 65.4 Å². The van der Waals surface area contributed by atoms with Gasteiger partial charge >= 0.3 is 11.9 Å². The van der Waals surface area contributed by atoms with Crippen molar-refractivity contribution in [2.45, 2.75) is 49.9 Å². The Bertz CT molecular complexity index is 661. The predicted octanol–water partition coefficient (Wildman–Crippen LogP) is -3.31. The molecule has 0 aromatic carbocycles. The van der Waals surface area contributed by atoms with Gasteiger partial charge in [-0.25, -0.2) is 0 Å². The van der Waals surface area contributed by atoms with Crippen LogP contribution in [0.5, 0.6) is 0 Å². The van der Waals surface area contributed by atoms with Gasteiger partial charge in [0.05, 0.1) is 0 Å². The molecule has 14 heteroatoms. The van der Waals surface area contributed by atoms with E-state index in [1.165, 1.54) is 0 Å². The third kappa shape index (κ3) is 11.6. The second-order valence-corrected chi connectivity index (χ2v) is 9.32. The van der Waals surface area contributed by atoms with Gasteiger partial charge < -0.3 is 42.1 Å². The van der Waals surface area contributed by atoms with Gasteiger partial charge in [0, 0.05) is 91.1 Å². The molecule has 206 valence electrons. The molecular formula is C22H42N8O6. The molecule has 0 atom stereocenters. The first kappa shape index (κ1) is 29.9. The van der Waals surface area contributed by atoms with Crippen LogP contribution in [0.1, 0.15) is 38.5 Å². The van der Waals surface area contributed by atoms with E-state index in [-0.39, 0.29) is 50.3 Å². The van der Waals surface area contributed by atoms with E-state index in [4.69, 9.17) is 10.2 Å². The fourth-order valence-electron chi connectivity index (χ4n) is 4.26. The summed E-state index contributed by atoms with van der Waals surface area (Å²) in [4.78, 5) is 46.9. The summed E-state index contributed by atoms with van der Waals surface area (Å²) in [6.45, 7) is 5.29. The summed E-state index contributed by atoms with van der Waals surface area (Å²) in [7, 11) is 0. The summed E-state index contributed by atoms with van der Waals surface area (Å²) in [5.41, 5.74) is -1.58. The number of carbonyl (C=O) groups is 4. The summed E-state index contributed by atoms with van der Waals surface area (Å²) >= 11 is 0. The summed E-state index contributed by atoms with van der Waals surface area (Å²) in [5.74, 6) is -2.30. The van der Waals surface area contributed by atoms with E-state index in [2.05, 4.69) is 42.5 Å². The van der Waals surface area contributed by atoms with Crippen LogP contribution in [0.4, 0.5) is 0 Å². The zero-order valence-corrected chi connectivity index (χ0v) is 20.8. The number of carboxylic acids is 2. The van der Waals surface area contributed by atoms with E-state index in [1.54, 1.807) is 0 Å². The summed E-state index contributed by atoms with van der Waals surface area (Å²) in [6.07, 6.45) is 0.651. The summed E-state index contributed by atoms with van der Waals surface area (Å²) < 4.78 is 0. The smallest absolute Gasteiger partial charge is 0.303 e. The molecule has 0 unspecified atom stereocenters. The maximum atomic E-state index is 12.6. The Morgan fingerprint density at radius 1 is 0.556 bits per heavy atom. The molecule has 2 rings (SSSR count). The Morgan fingerprint density at radius 3 is 1.19 bits per heavy atom. The fraction of sp³-hybridized carbons (Fsp3) is 0.818. The van der Waals surface area contributed by atoms with Gasteiger partial charge in [0.25, 0.3) is 0 Å². The molecule has 10 N–H and O–H groups in total. The maximum absolute atomic E-state index is 12.6. The van der Waals surface area contributed by atoms with E-state index >= 15 is 0 Å². The molecule has 2 amide bonds. The number of fused-ring (bicyclic) bond motifs is 5. The van der Waals surface area contributed by atoms with E-state index < -0.39 is 23.3 Å². The molecule has 2 heterocycles. The Labute approximate surface area is 211 Å². The number of amides is 2. The van der Waals surface area contributed by atoms with E-state index in [1.807, 2.05) is 0 Å². The molecule has 14 nitrogen and oxygen atoms in total. The van der Waals surface area contributed by atoms with Crippen molar-refractivity contribution >= 4 is 23.8 Å². The highest BCUT2D eigenvalue weighted by molar-refractivity contribution is 5.78. The second kappa shape index (κ2) is 15.7. The zero-order chi connectivity index (χ0) is 26.3. The minimum Gasteiger partial charge on any atom is -0.481 e. The van der Waals surface area contributed by atoms with Crippen molar-refractivity contribution in [2.75, 3.05) is 65.4 Å². The third-order valence-electron chi connectivity index (χ3n) is 6.06.